The van der Waals surface area contributed by atoms with Gasteiger partial charge in [-0.1, -0.05) is 38.1 Å². The van der Waals surface area contributed by atoms with Crippen molar-refractivity contribution in [3.63, 3.8) is 0 Å². The summed E-state index contributed by atoms with van der Waals surface area (Å²) in [5, 5.41) is 3.23. The van der Waals surface area contributed by atoms with E-state index in [1.54, 1.807) is 7.11 Å². The van der Waals surface area contributed by atoms with Gasteiger partial charge in [-0.3, -0.25) is 4.79 Å². The fourth-order valence-electron chi connectivity index (χ4n) is 2.75. The number of nitrogens with one attached hydrogen (secondary N) is 1. The van der Waals surface area contributed by atoms with Crippen LogP contribution in [0.2, 0.25) is 0 Å². The second-order valence-electron chi connectivity index (χ2n) is 5.98. The third kappa shape index (κ3) is 4.10. The molecule has 0 aromatic heterocycles. The summed E-state index contributed by atoms with van der Waals surface area (Å²) in [4.78, 5) is 12.4. The van der Waals surface area contributed by atoms with Crippen molar-refractivity contribution in [1.82, 2.24) is 5.32 Å². The summed E-state index contributed by atoms with van der Waals surface area (Å²) >= 11 is 0. The molecule has 1 amide bonds. The van der Waals surface area contributed by atoms with E-state index < -0.39 is 0 Å². The maximum atomic E-state index is 12.4. The number of hydrogen-bond donors (Lipinski definition) is 1. The Labute approximate surface area is 127 Å². The quantitative estimate of drug-likeness (QED) is 0.835. The third-order valence-corrected chi connectivity index (χ3v) is 4.08. The van der Waals surface area contributed by atoms with E-state index in [-0.39, 0.29) is 17.9 Å². The molecule has 0 aliphatic heterocycles. The molecule has 0 bridgehead atoms. The van der Waals surface area contributed by atoms with E-state index in [1.165, 1.54) is 0 Å². The van der Waals surface area contributed by atoms with Gasteiger partial charge in [0, 0.05) is 5.92 Å². The van der Waals surface area contributed by atoms with Crippen LogP contribution in [0.5, 0.6) is 5.75 Å². The molecule has 1 N–H and O–H groups in total. The summed E-state index contributed by atoms with van der Waals surface area (Å²) in [6.45, 7) is 4.27. The third-order valence-electron chi connectivity index (χ3n) is 4.08. The minimum atomic E-state index is 0.0503. The zero-order valence-corrected chi connectivity index (χ0v) is 13.1. The standard InChI is InChI=1S/C18H25NO2/c1-13(2)17(14-9-11-16(21-3)12-10-14)19-18(20)15-7-5-4-6-8-15/h4-5,9-13,15,17H,6-8H2,1-3H3,(H,19,20). The van der Waals surface area contributed by atoms with Crippen molar-refractivity contribution >= 4 is 5.91 Å². The largest absolute Gasteiger partial charge is 0.497 e. The molecule has 3 nitrogen and oxygen atoms in total. The number of allylic oxidation sites excluding steroid dienone is 2. The number of rotatable bonds is 5. The first-order chi connectivity index (χ1) is 10.1. The molecule has 0 radical (unpaired) electrons. The van der Waals surface area contributed by atoms with E-state index in [0.717, 1.165) is 30.6 Å². The fraction of sp³-hybridized carbons (Fsp3) is 0.500. The Kier molecular flexibility index (Phi) is 5.43. The lowest BCUT2D eigenvalue weighted by atomic mass is 9.91. The molecule has 1 aromatic carbocycles. The number of carbonyl (C=O) groups excluding carboxylic acids is 1. The average molecular weight is 287 g/mol. The van der Waals surface area contributed by atoms with Crippen molar-refractivity contribution < 1.29 is 9.53 Å². The number of amides is 1. The van der Waals surface area contributed by atoms with E-state index in [9.17, 15) is 4.79 Å². The van der Waals surface area contributed by atoms with Crippen LogP contribution in [0, 0.1) is 11.8 Å². The van der Waals surface area contributed by atoms with Gasteiger partial charge in [-0.05, 0) is 42.9 Å². The minimum Gasteiger partial charge on any atom is -0.497 e. The number of carbonyl (C=O) groups is 1. The van der Waals surface area contributed by atoms with Gasteiger partial charge in [-0.25, -0.2) is 0 Å². The molecule has 3 heteroatoms. The molecule has 0 saturated heterocycles. The van der Waals surface area contributed by atoms with Gasteiger partial charge in [-0.15, -0.1) is 0 Å². The summed E-state index contributed by atoms with van der Waals surface area (Å²) in [5.41, 5.74) is 1.13. The summed E-state index contributed by atoms with van der Waals surface area (Å²) < 4.78 is 5.19. The van der Waals surface area contributed by atoms with Crippen LogP contribution >= 0.6 is 0 Å². The first kappa shape index (κ1) is 15.6. The zero-order valence-electron chi connectivity index (χ0n) is 13.1. The molecule has 2 rings (SSSR count). The van der Waals surface area contributed by atoms with Gasteiger partial charge in [0.25, 0.3) is 0 Å². The smallest absolute Gasteiger partial charge is 0.223 e. The second-order valence-corrected chi connectivity index (χ2v) is 5.98. The van der Waals surface area contributed by atoms with Gasteiger partial charge >= 0.3 is 0 Å². The van der Waals surface area contributed by atoms with E-state index in [0.29, 0.717) is 5.92 Å². The Morgan fingerprint density at radius 2 is 1.95 bits per heavy atom. The van der Waals surface area contributed by atoms with E-state index >= 15 is 0 Å². The Morgan fingerprint density at radius 3 is 2.48 bits per heavy atom. The second kappa shape index (κ2) is 7.30. The highest BCUT2D eigenvalue weighted by atomic mass is 16.5. The normalized spacial score (nSPS) is 19.3. The molecule has 1 aliphatic carbocycles. The van der Waals surface area contributed by atoms with Crippen LogP contribution in [0.15, 0.2) is 36.4 Å². The molecule has 1 aliphatic rings. The van der Waals surface area contributed by atoms with Gasteiger partial charge in [0.2, 0.25) is 5.91 Å². The van der Waals surface area contributed by atoms with Crippen LogP contribution in [0.1, 0.15) is 44.7 Å². The van der Waals surface area contributed by atoms with Crippen molar-refractivity contribution in [3.05, 3.63) is 42.0 Å². The Bertz CT molecular complexity index is 490. The zero-order chi connectivity index (χ0) is 15.2. The number of methoxy groups -OCH3 is 1. The van der Waals surface area contributed by atoms with E-state index in [2.05, 4.69) is 31.3 Å². The lowest BCUT2D eigenvalue weighted by Crippen LogP contribution is -2.36. The van der Waals surface area contributed by atoms with Crippen LogP contribution in [0.25, 0.3) is 0 Å². The van der Waals surface area contributed by atoms with Crippen LogP contribution in [0.3, 0.4) is 0 Å². The maximum Gasteiger partial charge on any atom is 0.223 e. The summed E-state index contributed by atoms with van der Waals surface area (Å²) in [6, 6.07) is 8.00. The van der Waals surface area contributed by atoms with Crippen LogP contribution in [-0.4, -0.2) is 13.0 Å². The molecule has 2 atom stereocenters. The van der Waals surface area contributed by atoms with Crippen LogP contribution < -0.4 is 10.1 Å². The molecule has 0 saturated carbocycles. The lowest BCUT2D eigenvalue weighted by molar-refractivity contribution is -0.126. The van der Waals surface area contributed by atoms with Crippen molar-refractivity contribution in [2.75, 3.05) is 7.11 Å². The van der Waals surface area contributed by atoms with Crippen molar-refractivity contribution in [3.8, 4) is 5.75 Å². The first-order valence-electron chi connectivity index (χ1n) is 7.71. The summed E-state index contributed by atoms with van der Waals surface area (Å²) in [6.07, 6.45) is 7.10. The molecular formula is C18H25NO2. The Balaban J connectivity index is 2.07. The van der Waals surface area contributed by atoms with Gasteiger partial charge in [-0.2, -0.15) is 0 Å². The topological polar surface area (TPSA) is 38.3 Å². The predicted molar refractivity (Wildman–Crippen MR) is 85.2 cm³/mol. The Morgan fingerprint density at radius 1 is 1.24 bits per heavy atom. The fourth-order valence-corrected chi connectivity index (χ4v) is 2.75. The highest BCUT2D eigenvalue weighted by molar-refractivity contribution is 5.79. The van der Waals surface area contributed by atoms with Gasteiger partial charge in [0.1, 0.15) is 5.75 Å². The summed E-state index contributed by atoms with van der Waals surface area (Å²) in [5.74, 6) is 1.48. The predicted octanol–water partition coefficient (Wildman–Crippen LogP) is 3.86. The molecule has 21 heavy (non-hydrogen) atoms. The van der Waals surface area contributed by atoms with Gasteiger partial charge in [0.05, 0.1) is 13.2 Å². The molecular weight excluding hydrogens is 262 g/mol. The SMILES string of the molecule is COc1ccc(C(NC(=O)C2CC=CCC2)C(C)C)cc1. The summed E-state index contributed by atoms with van der Waals surface area (Å²) in [7, 11) is 1.66. The van der Waals surface area contributed by atoms with Crippen LogP contribution in [-0.2, 0) is 4.79 Å². The number of benzene rings is 1. The highest BCUT2D eigenvalue weighted by Crippen LogP contribution is 2.26. The van der Waals surface area contributed by atoms with Crippen molar-refractivity contribution in [1.29, 1.82) is 0 Å². The maximum absolute atomic E-state index is 12.4. The average Bonchev–Trinajstić information content (AvgIpc) is 2.53. The molecule has 1 aromatic rings. The van der Waals surface area contributed by atoms with Gasteiger partial charge < -0.3 is 10.1 Å². The van der Waals surface area contributed by atoms with Gasteiger partial charge in [0.15, 0.2) is 0 Å². The molecule has 0 spiro atoms. The highest BCUT2D eigenvalue weighted by Gasteiger charge is 2.24. The van der Waals surface area contributed by atoms with Crippen LogP contribution in [0.4, 0.5) is 0 Å². The molecule has 0 heterocycles. The number of ether oxygens (including phenoxy) is 1. The lowest BCUT2D eigenvalue weighted by Gasteiger charge is -2.26. The van der Waals surface area contributed by atoms with Crippen molar-refractivity contribution in [2.45, 2.75) is 39.2 Å². The monoisotopic (exact) mass is 287 g/mol. The minimum absolute atomic E-state index is 0.0503. The number of hydrogen-bond acceptors (Lipinski definition) is 2. The molecule has 0 fully saturated rings. The van der Waals surface area contributed by atoms with E-state index in [4.69, 9.17) is 4.74 Å². The van der Waals surface area contributed by atoms with Crippen molar-refractivity contribution in [2.24, 2.45) is 11.8 Å². The van der Waals surface area contributed by atoms with E-state index in [1.807, 2.05) is 24.3 Å². The first-order valence-corrected chi connectivity index (χ1v) is 7.71. The Hall–Kier alpha value is -1.77. The molecule has 114 valence electrons. The molecule has 2 unspecified atom stereocenters.